The first kappa shape index (κ1) is 21.4. The lowest BCUT2D eigenvalue weighted by Gasteiger charge is -2.34. The fourth-order valence-corrected chi connectivity index (χ4v) is 4.77. The SMILES string of the molecule is COc1cc2c3c(c4cc(OC)c(OC)c(OC)c4c2cc1OC)CCN(C(C)C)C3. The average Bonchev–Trinajstić information content (AvgIpc) is 2.81. The van der Waals surface area contributed by atoms with Crippen LogP contribution in [0.5, 0.6) is 28.7 Å². The molecule has 3 aromatic carbocycles. The Labute approximate surface area is 183 Å². The van der Waals surface area contributed by atoms with E-state index in [0.29, 0.717) is 29.0 Å². The van der Waals surface area contributed by atoms with E-state index in [0.717, 1.165) is 46.8 Å². The number of hydrogen-bond acceptors (Lipinski definition) is 6. The molecule has 0 saturated heterocycles. The van der Waals surface area contributed by atoms with Crippen molar-refractivity contribution in [2.24, 2.45) is 0 Å². The first-order chi connectivity index (χ1) is 15.0. The van der Waals surface area contributed by atoms with Crippen molar-refractivity contribution in [1.82, 2.24) is 4.90 Å². The molecule has 0 atom stereocenters. The normalized spacial score (nSPS) is 14.1. The molecular weight excluding hydrogens is 394 g/mol. The van der Waals surface area contributed by atoms with Gasteiger partial charge in [0.15, 0.2) is 23.0 Å². The molecule has 0 aromatic heterocycles. The van der Waals surface area contributed by atoms with Crippen LogP contribution in [0.3, 0.4) is 0 Å². The second-order valence-electron chi connectivity index (χ2n) is 8.09. The largest absolute Gasteiger partial charge is 0.493 e. The molecule has 0 bridgehead atoms. The molecular formula is C25H31NO5. The Morgan fingerprint density at radius 1 is 0.677 bits per heavy atom. The second kappa shape index (κ2) is 8.35. The molecule has 1 heterocycles. The van der Waals surface area contributed by atoms with Crippen LogP contribution in [0.2, 0.25) is 0 Å². The van der Waals surface area contributed by atoms with E-state index in [4.69, 9.17) is 23.7 Å². The van der Waals surface area contributed by atoms with Crippen LogP contribution in [0.25, 0.3) is 21.5 Å². The maximum atomic E-state index is 5.89. The van der Waals surface area contributed by atoms with Gasteiger partial charge in [0.05, 0.1) is 35.5 Å². The van der Waals surface area contributed by atoms with Gasteiger partial charge in [-0.2, -0.15) is 0 Å². The van der Waals surface area contributed by atoms with Crippen LogP contribution >= 0.6 is 0 Å². The summed E-state index contributed by atoms with van der Waals surface area (Å²) in [6.45, 7) is 6.38. The van der Waals surface area contributed by atoms with Crippen LogP contribution in [-0.4, -0.2) is 53.0 Å². The fraction of sp³-hybridized carbons (Fsp3) is 0.440. The fourth-order valence-electron chi connectivity index (χ4n) is 4.77. The van der Waals surface area contributed by atoms with Crippen LogP contribution < -0.4 is 23.7 Å². The molecule has 1 aliphatic rings. The number of ether oxygens (including phenoxy) is 5. The Bertz CT molecular complexity index is 1140. The Hall–Kier alpha value is -2.86. The summed E-state index contributed by atoms with van der Waals surface area (Å²) < 4.78 is 28.5. The topological polar surface area (TPSA) is 49.4 Å². The van der Waals surface area contributed by atoms with Gasteiger partial charge in [-0.3, -0.25) is 4.90 Å². The van der Waals surface area contributed by atoms with Crippen LogP contribution in [-0.2, 0) is 13.0 Å². The third-order valence-electron chi connectivity index (χ3n) is 6.38. The maximum absolute atomic E-state index is 5.89. The lowest BCUT2D eigenvalue weighted by Crippen LogP contribution is -2.36. The van der Waals surface area contributed by atoms with Gasteiger partial charge in [-0.05, 0) is 65.8 Å². The number of benzene rings is 3. The van der Waals surface area contributed by atoms with Crippen molar-refractivity contribution in [2.45, 2.75) is 32.9 Å². The quantitative estimate of drug-likeness (QED) is 0.529. The van der Waals surface area contributed by atoms with Gasteiger partial charge in [0, 0.05) is 24.5 Å². The molecule has 166 valence electrons. The lowest BCUT2D eigenvalue weighted by atomic mass is 9.86. The van der Waals surface area contributed by atoms with E-state index < -0.39 is 0 Å². The van der Waals surface area contributed by atoms with Crippen molar-refractivity contribution >= 4 is 21.5 Å². The third-order valence-corrected chi connectivity index (χ3v) is 6.38. The highest BCUT2D eigenvalue weighted by molar-refractivity contribution is 6.16. The summed E-state index contributed by atoms with van der Waals surface area (Å²) in [5.74, 6) is 3.33. The van der Waals surface area contributed by atoms with E-state index in [2.05, 4.69) is 30.9 Å². The minimum Gasteiger partial charge on any atom is -0.493 e. The van der Waals surface area contributed by atoms with Crippen LogP contribution in [0.4, 0.5) is 0 Å². The van der Waals surface area contributed by atoms with Crippen molar-refractivity contribution in [3.63, 3.8) is 0 Å². The summed E-state index contributed by atoms with van der Waals surface area (Å²) in [6.07, 6.45) is 0.951. The number of rotatable bonds is 6. The monoisotopic (exact) mass is 425 g/mol. The van der Waals surface area contributed by atoms with Crippen LogP contribution in [0.15, 0.2) is 18.2 Å². The van der Waals surface area contributed by atoms with E-state index >= 15 is 0 Å². The summed E-state index contributed by atoms with van der Waals surface area (Å²) >= 11 is 0. The van der Waals surface area contributed by atoms with Gasteiger partial charge >= 0.3 is 0 Å². The summed E-state index contributed by atoms with van der Waals surface area (Å²) in [5, 5.41) is 4.34. The van der Waals surface area contributed by atoms with E-state index in [1.807, 2.05) is 6.07 Å². The van der Waals surface area contributed by atoms with E-state index in [1.165, 1.54) is 11.1 Å². The standard InChI is InChI=1S/C25H31NO5/c1-14(2)26-9-8-15-17-12-22(29-5)24(30-6)25(31-7)23(17)18-11-21(28-4)20(27-3)10-16(18)19(15)13-26/h10-12,14H,8-9,13H2,1-7H3. The van der Waals surface area contributed by atoms with Crippen LogP contribution in [0, 0.1) is 0 Å². The highest BCUT2D eigenvalue weighted by Crippen LogP contribution is 2.50. The van der Waals surface area contributed by atoms with Crippen molar-refractivity contribution in [2.75, 3.05) is 42.1 Å². The number of hydrogen-bond donors (Lipinski definition) is 0. The van der Waals surface area contributed by atoms with Crippen molar-refractivity contribution in [3.05, 3.63) is 29.3 Å². The summed E-state index contributed by atoms with van der Waals surface area (Å²) in [6, 6.07) is 6.68. The Kier molecular flexibility index (Phi) is 5.75. The van der Waals surface area contributed by atoms with Gasteiger partial charge < -0.3 is 23.7 Å². The predicted octanol–water partition coefficient (Wildman–Crippen LogP) is 4.80. The number of fused-ring (bicyclic) bond motifs is 6. The molecule has 0 spiro atoms. The van der Waals surface area contributed by atoms with Gasteiger partial charge in [0.25, 0.3) is 0 Å². The molecule has 0 aliphatic carbocycles. The molecule has 3 aromatic rings. The molecule has 0 saturated carbocycles. The molecule has 0 unspecified atom stereocenters. The summed E-state index contributed by atoms with van der Waals surface area (Å²) in [7, 11) is 8.29. The third kappa shape index (κ3) is 3.30. The van der Waals surface area contributed by atoms with E-state index in [9.17, 15) is 0 Å². The van der Waals surface area contributed by atoms with E-state index in [1.54, 1.807) is 35.5 Å². The molecule has 6 nitrogen and oxygen atoms in total. The summed E-state index contributed by atoms with van der Waals surface area (Å²) in [4.78, 5) is 2.50. The molecule has 0 N–H and O–H groups in total. The zero-order chi connectivity index (χ0) is 22.3. The highest BCUT2D eigenvalue weighted by Gasteiger charge is 2.28. The minimum absolute atomic E-state index is 0.471. The lowest BCUT2D eigenvalue weighted by molar-refractivity contribution is 0.205. The zero-order valence-electron chi connectivity index (χ0n) is 19.4. The number of methoxy groups -OCH3 is 5. The first-order valence-electron chi connectivity index (χ1n) is 10.5. The maximum Gasteiger partial charge on any atom is 0.203 e. The molecule has 0 amide bonds. The van der Waals surface area contributed by atoms with Gasteiger partial charge in [-0.25, -0.2) is 0 Å². The Morgan fingerprint density at radius 3 is 1.81 bits per heavy atom. The minimum atomic E-state index is 0.471. The van der Waals surface area contributed by atoms with E-state index in [-0.39, 0.29) is 0 Å². The highest BCUT2D eigenvalue weighted by atomic mass is 16.5. The molecule has 0 radical (unpaired) electrons. The van der Waals surface area contributed by atoms with Crippen molar-refractivity contribution < 1.29 is 23.7 Å². The van der Waals surface area contributed by atoms with Crippen molar-refractivity contribution in [1.29, 1.82) is 0 Å². The molecule has 1 aliphatic heterocycles. The average molecular weight is 426 g/mol. The van der Waals surface area contributed by atoms with Crippen molar-refractivity contribution in [3.8, 4) is 28.7 Å². The van der Waals surface area contributed by atoms with Gasteiger partial charge in [-0.1, -0.05) is 0 Å². The number of nitrogens with zero attached hydrogens (tertiary/aromatic N) is 1. The second-order valence-corrected chi connectivity index (χ2v) is 8.09. The first-order valence-corrected chi connectivity index (χ1v) is 10.5. The molecule has 4 rings (SSSR count). The smallest absolute Gasteiger partial charge is 0.203 e. The predicted molar refractivity (Wildman–Crippen MR) is 123 cm³/mol. The molecule has 6 heteroatoms. The van der Waals surface area contributed by atoms with Gasteiger partial charge in [0.1, 0.15) is 0 Å². The zero-order valence-corrected chi connectivity index (χ0v) is 19.4. The summed E-state index contributed by atoms with van der Waals surface area (Å²) in [5.41, 5.74) is 2.64. The van der Waals surface area contributed by atoms with Gasteiger partial charge in [-0.15, -0.1) is 0 Å². The Morgan fingerprint density at radius 2 is 1.26 bits per heavy atom. The molecule has 0 fully saturated rings. The van der Waals surface area contributed by atoms with Crippen LogP contribution in [0.1, 0.15) is 25.0 Å². The van der Waals surface area contributed by atoms with Gasteiger partial charge in [0.2, 0.25) is 5.75 Å². The molecule has 31 heavy (non-hydrogen) atoms. The Balaban J connectivity index is 2.21.